The van der Waals surface area contributed by atoms with Gasteiger partial charge in [0.15, 0.2) is 0 Å². The van der Waals surface area contributed by atoms with Gasteiger partial charge in [0.1, 0.15) is 0 Å². The lowest BCUT2D eigenvalue weighted by atomic mass is 9.97. The van der Waals surface area contributed by atoms with Crippen LogP contribution in [0.2, 0.25) is 0 Å². The highest BCUT2D eigenvalue weighted by Gasteiger charge is 2.34. The standard InChI is InChI=1S/C21H27NO4S2/c1-18-11-13-20(14-12-18)28(25,26)22-27(24,19-9-5-4-6-10-19)17-21(23)15-7-2-3-8-16-21/h4-6,9-14,23H,2-3,7-8,15-17H2,1H3. The van der Waals surface area contributed by atoms with Crippen molar-refractivity contribution in [1.29, 1.82) is 0 Å². The summed E-state index contributed by atoms with van der Waals surface area (Å²) < 4.78 is 43.7. The molecule has 0 radical (unpaired) electrons. The SMILES string of the molecule is Cc1ccc(S(=O)(=O)N=S(=O)(CC2(O)CCCCCC2)c2ccccc2)cc1. The van der Waals surface area contributed by atoms with Gasteiger partial charge in [-0.1, -0.05) is 61.6 Å². The van der Waals surface area contributed by atoms with Gasteiger partial charge in [-0.3, -0.25) is 0 Å². The minimum absolute atomic E-state index is 0.00890. The van der Waals surface area contributed by atoms with E-state index in [1.165, 1.54) is 12.1 Å². The van der Waals surface area contributed by atoms with Gasteiger partial charge < -0.3 is 5.11 Å². The molecule has 1 aliphatic carbocycles. The number of hydrogen-bond acceptors (Lipinski definition) is 4. The van der Waals surface area contributed by atoms with E-state index in [0.29, 0.717) is 17.7 Å². The summed E-state index contributed by atoms with van der Waals surface area (Å²) in [4.78, 5) is 0.345. The summed E-state index contributed by atoms with van der Waals surface area (Å²) in [6, 6.07) is 14.8. The molecule has 0 amide bonds. The van der Waals surface area contributed by atoms with Crippen LogP contribution >= 0.6 is 0 Å². The predicted molar refractivity (Wildman–Crippen MR) is 111 cm³/mol. The largest absolute Gasteiger partial charge is 0.389 e. The topological polar surface area (TPSA) is 83.8 Å². The minimum atomic E-state index is -4.13. The second-order valence-electron chi connectivity index (χ2n) is 7.60. The van der Waals surface area contributed by atoms with E-state index in [0.717, 1.165) is 31.2 Å². The Morgan fingerprint density at radius 1 is 0.857 bits per heavy atom. The van der Waals surface area contributed by atoms with Gasteiger partial charge >= 0.3 is 0 Å². The maximum atomic E-state index is 13.9. The Hall–Kier alpha value is -1.70. The molecule has 1 atom stereocenters. The summed E-state index contributed by atoms with van der Waals surface area (Å²) in [5.41, 5.74) is -0.245. The fourth-order valence-electron chi connectivity index (χ4n) is 3.59. The first-order valence-corrected chi connectivity index (χ1v) is 12.7. The Morgan fingerprint density at radius 2 is 1.43 bits per heavy atom. The van der Waals surface area contributed by atoms with Crippen molar-refractivity contribution in [3.63, 3.8) is 0 Å². The van der Waals surface area contributed by atoms with E-state index in [1.54, 1.807) is 42.5 Å². The Labute approximate surface area is 168 Å². The summed E-state index contributed by atoms with van der Waals surface area (Å²) >= 11 is 0. The normalized spacial score (nSPS) is 19.4. The molecule has 0 heterocycles. The molecule has 0 saturated heterocycles. The minimum Gasteiger partial charge on any atom is -0.389 e. The molecule has 1 fully saturated rings. The highest BCUT2D eigenvalue weighted by molar-refractivity contribution is 8.03. The summed E-state index contributed by atoms with van der Waals surface area (Å²) in [6.45, 7) is 1.86. The van der Waals surface area contributed by atoms with E-state index in [9.17, 15) is 17.7 Å². The van der Waals surface area contributed by atoms with Crippen molar-refractivity contribution in [2.75, 3.05) is 5.75 Å². The van der Waals surface area contributed by atoms with Crippen LogP contribution in [0.15, 0.2) is 68.2 Å². The first kappa shape index (κ1) is 21.0. The fraction of sp³-hybridized carbons (Fsp3) is 0.429. The summed E-state index contributed by atoms with van der Waals surface area (Å²) in [7, 11) is -7.50. The van der Waals surface area contributed by atoms with Gasteiger partial charge in [-0.05, 0) is 44.0 Å². The summed E-state index contributed by atoms with van der Waals surface area (Å²) in [6.07, 6.45) is 4.74. The molecule has 3 rings (SSSR count). The van der Waals surface area contributed by atoms with Crippen LogP contribution in [0.5, 0.6) is 0 Å². The zero-order chi connectivity index (χ0) is 20.3. The van der Waals surface area contributed by atoms with Crippen LogP contribution in [0.3, 0.4) is 0 Å². The molecule has 2 aromatic carbocycles. The lowest BCUT2D eigenvalue weighted by Crippen LogP contribution is -2.36. The molecule has 2 aromatic rings. The Balaban J connectivity index is 2.10. The first-order chi connectivity index (χ1) is 13.2. The molecule has 7 heteroatoms. The number of sulfonamides is 1. The number of hydrogen-bond donors (Lipinski definition) is 1. The molecule has 5 nitrogen and oxygen atoms in total. The third kappa shape index (κ3) is 5.01. The zero-order valence-electron chi connectivity index (χ0n) is 16.1. The van der Waals surface area contributed by atoms with Gasteiger partial charge in [0.25, 0.3) is 10.0 Å². The third-order valence-corrected chi connectivity index (χ3v) is 9.70. The number of rotatable bonds is 5. The van der Waals surface area contributed by atoms with Gasteiger partial charge in [0.05, 0.1) is 26.0 Å². The van der Waals surface area contributed by atoms with Crippen molar-refractivity contribution in [2.24, 2.45) is 3.77 Å². The maximum Gasteiger partial charge on any atom is 0.290 e. The van der Waals surface area contributed by atoms with Gasteiger partial charge in [-0.25, -0.2) is 4.21 Å². The lowest BCUT2D eigenvalue weighted by Gasteiger charge is -2.28. The van der Waals surface area contributed by atoms with Crippen LogP contribution in [0.1, 0.15) is 44.1 Å². The van der Waals surface area contributed by atoms with Gasteiger partial charge in [0.2, 0.25) is 0 Å². The number of aryl methyl sites for hydroxylation is 1. The van der Waals surface area contributed by atoms with Gasteiger partial charge in [-0.15, -0.1) is 3.77 Å². The number of aliphatic hydroxyl groups is 1. The molecule has 1 unspecified atom stereocenters. The second kappa shape index (κ2) is 8.35. The molecule has 0 spiro atoms. The average molecular weight is 422 g/mol. The van der Waals surface area contributed by atoms with Crippen molar-refractivity contribution in [2.45, 2.75) is 60.8 Å². The highest BCUT2D eigenvalue weighted by Crippen LogP contribution is 2.32. The maximum absolute atomic E-state index is 13.9. The van der Waals surface area contributed by atoms with Crippen LogP contribution in [0.4, 0.5) is 0 Å². The van der Waals surface area contributed by atoms with Crippen LogP contribution in [0.25, 0.3) is 0 Å². The van der Waals surface area contributed by atoms with Crippen molar-refractivity contribution in [1.82, 2.24) is 0 Å². The molecule has 1 N–H and O–H groups in total. The quantitative estimate of drug-likeness (QED) is 0.730. The van der Waals surface area contributed by atoms with E-state index in [4.69, 9.17) is 0 Å². The molecule has 1 saturated carbocycles. The smallest absolute Gasteiger partial charge is 0.290 e. The van der Waals surface area contributed by atoms with Crippen LogP contribution < -0.4 is 0 Å². The molecular formula is C21H27NO4S2. The van der Waals surface area contributed by atoms with E-state index in [-0.39, 0.29) is 10.6 Å². The van der Waals surface area contributed by atoms with E-state index < -0.39 is 25.4 Å². The van der Waals surface area contributed by atoms with Crippen molar-refractivity contribution >= 4 is 19.8 Å². The molecule has 0 bridgehead atoms. The molecule has 0 aliphatic heterocycles. The first-order valence-electron chi connectivity index (χ1n) is 9.58. The third-order valence-electron chi connectivity index (χ3n) is 5.15. The van der Waals surface area contributed by atoms with Crippen molar-refractivity contribution in [3.8, 4) is 0 Å². The average Bonchev–Trinajstić information content (AvgIpc) is 2.86. The van der Waals surface area contributed by atoms with Gasteiger partial charge in [0, 0.05) is 4.90 Å². The van der Waals surface area contributed by atoms with Crippen LogP contribution in [-0.2, 0) is 19.8 Å². The highest BCUT2D eigenvalue weighted by atomic mass is 32.3. The predicted octanol–water partition coefficient (Wildman–Crippen LogP) is 4.30. The number of nitrogens with zero attached hydrogens (tertiary/aromatic N) is 1. The summed E-state index contributed by atoms with van der Waals surface area (Å²) in [5, 5.41) is 11.1. The Morgan fingerprint density at radius 3 is 2.00 bits per heavy atom. The summed E-state index contributed by atoms with van der Waals surface area (Å²) in [5.74, 6) is -0.172. The van der Waals surface area contributed by atoms with E-state index >= 15 is 0 Å². The monoisotopic (exact) mass is 421 g/mol. The molecule has 1 aliphatic rings. The Kier molecular flexibility index (Phi) is 6.27. The molecule has 28 heavy (non-hydrogen) atoms. The number of benzene rings is 2. The second-order valence-corrected chi connectivity index (χ2v) is 11.7. The Bertz CT molecular complexity index is 1010. The van der Waals surface area contributed by atoms with Gasteiger partial charge in [-0.2, -0.15) is 8.42 Å². The van der Waals surface area contributed by atoms with Crippen LogP contribution in [0, 0.1) is 6.92 Å². The van der Waals surface area contributed by atoms with Crippen molar-refractivity contribution in [3.05, 3.63) is 60.2 Å². The fourth-order valence-corrected chi connectivity index (χ4v) is 8.01. The molecule has 0 aromatic heterocycles. The molecular weight excluding hydrogens is 394 g/mol. The zero-order valence-corrected chi connectivity index (χ0v) is 17.7. The van der Waals surface area contributed by atoms with E-state index in [1.807, 2.05) is 6.92 Å². The lowest BCUT2D eigenvalue weighted by molar-refractivity contribution is 0.0483. The van der Waals surface area contributed by atoms with Crippen molar-refractivity contribution < 1.29 is 17.7 Å². The van der Waals surface area contributed by atoms with E-state index in [2.05, 4.69) is 3.77 Å². The van der Waals surface area contributed by atoms with Crippen LogP contribution in [-0.4, -0.2) is 29.1 Å². The molecule has 152 valence electrons.